The van der Waals surface area contributed by atoms with Crippen molar-refractivity contribution in [2.45, 2.75) is 12.8 Å². The quantitative estimate of drug-likeness (QED) is 0.144. The van der Waals surface area contributed by atoms with Crippen LogP contribution in [0, 0.1) is 0 Å². The highest BCUT2D eigenvalue weighted by Crippen LogP contribution is 2.45. The van der Waals surface area contributed by atoms with Crippen molar-refractivity contribution >= 4 is 72.0 Å². The van der Waals surface area contributed by atoms with E-state index in [0.717, 1.165) is 63.7 Å². The first-order valence-electron chi connectivity index (χ1n) is 22.2. The number of hydrogen-bond acceptors (Lipinski definition) is 2. The van der Waals surface area contributed by atoms with Gasteiger partial charge in [-0.1, -0.05) is 152 Å². The molecular formula is C60H44N4. The minimum atomic E-state index is 0.994. The van der Waals surface area contributed by atoms with Crippen LogP contribution >= 0.6 is 0 Å². The molecule has 304 valence electrons. The summed E-state index contributed by atoms with van der Waals surface area (Å²) < 4.78 is 4.96. The van der Waals surface area contributed by atoms with Gasteiger partial charge >= 0.3 is 0 Å². The maximum absolute atomic E-state index is 2.49. The van der Waals surface area contributed by atoms with E-state index in [2.05, 4.69) is 262 Å². The van der Waals surface area contributed by atoms with Crippen LogP contribution < -0.4 is 9.80 Å². The molecule has 9 aromatic carbocycles. The maximum Gasteiger partial charge on any atom is 0.0641 e. The molecular weight excluding hydrogens is 777 g/mol. The van der Waals surface area contributed by atoms with Crippen LogP contribution in [0.1, 0.15) is 12.8 Å². The van der Waals surface area contributed by atoms with E-state index >= 15 is 0 Å². The van der Waals surface area contributed by atoms with Gasteiger partial charge in [0.05, 0.1) is 39.1 Å². The molecule has 0 unspecified atom stereocenters. The number of anilines is 5. The second-order valence-corrected chi connectivity index (χ2v) is 16.5. The molecule has 4 heteroatoms. The van der Waals surface area contributed by atoms with Gasteiger partial charge in [-0.05, 0) is 115 Å². The summed E-state index contributed by atoms with van der Waals surface area (Å²) in [6.45, 7) is 0. The topological polar surface area (TPSA) is 16.3 Å². The Morgan fingerprint density at radius 3 is 1.50 bits per heavy atom. The molecule has 64 heavy (non-hydrogen) atoms. The third kappa shape index (κ3) is 6.39. The Morgan fingerprint density at radius 2 is 0.875 bits per heavy atom. The minimum Gasteiger partial charge on any atom is -0.311 e. The number of para-hydroxylation sites is 5. The van der Waals surface area contributed by atoms with Gasteiger partial charge in [0, 0.05) is 50.0 Å². The minimum absolute atomic E-state index is 0.994. The molecule has 4 nitrogen and oxygen atoms in total. The monoisotopic (exact) mass is 820 g/mol. The Bertz CT molecular complexity index is 3490. The highest BCUT2D eigenvalue weighted by atomic mass is 15.2. The van der Waals surface area contributed by atoms with Crippen molar-refractivity contribution < 1.29 is 0 Å². The average molecular weight is 821 g/mol. The summed E-state index contributed by atoms with van der Waals surface area (Å²) in [4.78, 5) is 4.80. The summed E-state index contributed by atoms with van der Waals surface area (Å²) in [5.74, 6) is 0. The Balaban J connectivity index is 1.16. The number of aromatic nitrogens is 2. The van der Waals surface area contributed by atoms with Crippen LogP contribution in [0.5, 0.6) is 0 Å². The number of allylic oxidation sites excluding steroid dienone is 3. The van der Waals surface area contributed by atoms with Crippen molar-refractivity contribution in [1.82, 2.24) is 9.13 Å². The highest BCUT2D eigenvalue weighted by Gasteiger charge is 2.24. The molecule has 1 aliphatic rings. The van der Waals surface area contributed by atoms with E-state index < -0.39 is 0 Å². The van der Waals surface area contributed by atoms with E-state index in [1.807, 2.05) is 0 Å². The molecule has 12 rings (SSSR count). The second-order valence-electron chi connectivity index (χ2n) is 16.5. The van der Waals surface area contributed by atoms with Gasteiger partial charge in [0.15, 0.2) is 0 Å². The van der Waals surface area contributed by atoms with Gasteiger partial charge in [0.1, 0.15) is 0 Å². The molecule has 0 saturated heterocycles. The van der Waals surface area contributed by atoms with Crippen LogP contribution in [-0.4, -0.2) is 9.13 Å². The van der Waals surface area contributed by atoms with E-state index in [1.165, 1.54) is 49.4 Å². The lowest BCUT2D eigenvalue weighted by atomic mass is 10.1. The SMILES string of the molecule is C1=CC(N(c2ccccc2)c2cc(N(c3ccccc3)c3ccccc3)cc(-n3c4ccccc4c4c3ccc3c5ccccc5n(-c5ccc(-c6ccccc6)cc5)c34)c2)=CCC1. The van der Waals surface area contributed by atoms with Crippen LogP contribution in [-0.2, 0) is 0 Å². The second kappa shape index (κ2) is 15.8. The van der Waals surface area contributed by atoms with E-state index in [9.17, 15) is 0 Å². The normalized spacial score (nSPS) is 12.6. The van der Waals surface area contributed by atoms with Gasteiger partial charge in [0.25, 0.3) is 0 Å². The van der Waals surface area contributed by atoms with Crippen molar-refractivity contribution in [3.8, 4) is 22.5 Å². The van der Waals surface area contributed by atoms with Gasteiger partial charge in [-0.3, -0.25) is 0 Å². The van der Waals surface area contributed by atoms with Crippen molar-refractivity contribution in [2.75, 3.05) is 9.80 Å². The van der Waals surface area contributed by atoms with E-state index in [0.29, 0.717) is 0 Å². The Labute approximate surface area is 373 Å². The van der Waals surface area contributed by atoms with Crippen LogP contribution in [0.2, 0.25) is 0 Å². The molecule has 2 heterocycles. The van der Waals surface area contributed by atoms with Crippen LogP contribution in [0.3, 0.4) is 0 Å². The van der Waals surface area contributed by atoms with E-state index in [4.69, 9.17) is 0 Å². The van der Waals surface area contributed by atoms with Gasteiger partial charge in [-0.15, -0.1) is 0 Å². The van der Waals surface area contributed by atoms with Crippen molar-refractivity contribution in [1.29, 1.82) is 0 Å². The molecule has 0 atom stereocenters. The first kappa shape index (κ1) is 37.4. The molecule has 0 spiro atoms. The molecule has 1 aliphatic carbocycles. The molecule has 0 aliphatic heterocycles. The van der Waals surface area contributed by atoms with Gasteiger partial charge in [0.2, 0.25) is 0 Å². The predicted octanol–water partition coefficient (Wildman–Crippen LogP) is 16.4. The number of benzene rings is 9. The lowest BCUT2D eigenvalue weighted by Gasteiger charge is -2.31. The number of rotatable bonds is 9. The Kier molecular flexibility index (Phi) is 9.27. The van der Waals surface area contributed by atoms with Crippen LogP contribution in [0.25, 0.3) is 66.1 Å². The molecule has 11 aromatic rings. The lowest BCUT2D eigenvalue weighted by molar-refractivity contribution is 0.996. The van der Waals surface area contributed by atoms with Gasteiger partial charge < -0.3 is 18.9 Å². The zero-order chi connectivity index (χ0) is 42.4. The molecule has 0 saturated carbocycles. The first-order valence-corrected chi connectivity index (χ1v) is 22.2. The van der Waals surface area contributed by atoms with Gasteiger partial charge in [-0.25, -0.2) is 0 Å². The molecule has 0 radical (unpaired) electrons. The van der Waals surface area contributed by atoms with Crippen LogP contribution in [0.15, 0.2) is 248 Å². The fourth-order valence-corrected chi connectivity index (χ4v) is 9.85. The Morgan fingerprint density at radius 1 is 0.344 bits per heavy atom. The first-order chi connectivity index (χ1) is 31.8. The van der Waals surface area contributed by atoms with Gasteiger partial charge in [-0.2, -0.15) is 0 Å². The zero-order valence-electron chi connectivity index (χ0n) is 35.3. The van der Waals surface area contributed by atoms with Crippen LogP contribution in [0.4, 0.5) is 28.4 Å². The lowest BCUT2D eigenvalue weighted by Crippen LogP contribution is -2.18. The fraction of sp³-hybridized carbons (Fsp3) is 0.0333. The standard InChI is InChI=1S/C60H44N4/c1-6-20-43(21-7-1)44-34-36-49(37-35-44)64-56-32-18-16-30-53(56)54-38-39-58-59(60(54)64)55-31-17-19-33-57(55)63(58)52-41-50(61(45-22-8-2-9-23-45)46-24-10-3-11-25-46)40-51(42-52)62(47-26-12-4-13-27-47)48-28-14-5-15-29-48/h1-4,6-14,16-42H,5,15H2. The molecule has 0 N–H and O–H groups in total. The predicted molar refractivity (Wildman–Crippen MR) is 270 cm³/mol. The molecule has 0 bridgehead atoms. The molecule has 0 fully saturated rings. The molecule has 0 amide bonds. The van der Waals surface area contributed by atoms with E-state index in [-0.39, 0.29) is 0 Å². The van der Waals surface area contributed by atoms with Crippen molar-refractivity contribution in [3.63, 3.8) is 0 Å². The summed E-state index contributed by atoms with van der Waals surface area (Å²) in [7, 11) is 0. The third-order valence-corrected chi connectivity index (χ3v) is 12.6. The molecule has 2 aromatic heterocycles. The van der Waals surface area contributed by atoms with Crippen molar-refractivity contribution in [2.24, 2.45) is 0 Å². The summed E-state index contributed by atoms with van der Waals surface area (Å²) in [6, 6.07) is 81.5. The third-order valence-electron chi connectivity index (χ3n) is 12.6. The van der Waals surface area contributed by atoms with E-state index in [1.54, 1.807) is 0 Å². The fourth-order valence-electron chi connectivity index (χ4n) is 9.85. The average Bonchev–Trinajstić information content (AvgIpc) is 3.89. The summed E-state index contributed by atoms with van der Waals surface area (Å²) >= 11 is 0. The number of hydrogen-bond donors (Lipinski definition) is 0. The number of fused-ring (bicyclic) bond motifs is 7. The largest absolute Gasteiger partial charge is 0.311 e. The number of nitrogens with zero attached hydrogens (tertiary/aromatic N) is 4. The van der Waals surface area contributed by atoms with Crippen molar-refractivity contribution in [3.05, 3.63) is 248 Å². The zero-order valence-corrected chi connectivity index (χ0v) is 35.3. The smallest absolute Gasteiger partial charge is 0.0641 e. The summed E-state index contributed by atoms with van der Waals surface area (Å²) in [5.41, 5.74) is 15.9. The summed E-state index contributed by atoms with van der Waals surface area (Å²) in [6.07, 6.45) is 8.97. The Hall–Kier alpha value is -8.34. The highest BCUT2D eigenvalue weighted by molar-refractivity contribution is 6.26. The summed E-state index contributed by atoms with van der Waals surface area (Å²) in [5, 5.41) is 4.91. The maximum atomic E-state index is 2.49.